The fourth-order valence-corrected chi connectivity index (χ4v) is 4.36. The Balaban J connectivity index is 2.41. The van der Waals surface area contributed by atoms with Gasteiger partial charge in [-0.05, 0) is 50.3 Å². The number of carbonyl (C=O) groups excluding carboxylic acids is 1. The zero-order chi connectivity index (χ0) is 17.1. The summed E-state index contributed by atoms with van der Waals surface area (Å²) in [6, 6.07) is 6.77. The molecule has 1 saturated carbocycles. The van der Waals surface area contributed by atoms with Gasteiger partial charge in [0, 0.05) is 0 Å². The Bertz CT molecular complexity index is 642. The summed E-state index contributed by atoms with van der Waals surface area (Å²) in [5.74, 6) is 0.109. The highest BCUT2D eigenvalue weighted by molar-refractivity contribution is 7.91. The van der Waals surface area contributed by atoms with Crippen molar-refractivity contribution >= 4 is 15.8 Å². The van der Waals surface area contributed by atoms with E-state index < -0.39 is 15.3 Å². The summed E-state index contributed by atoms with van der Waals surface area (Å²) in [6.07, 6.45) is 4.26. The highest BCUT2D eigenvalue weighted by Gasteiger charge is 2.45. The minimum Gasteiger partial charge on any atom is -0.465 e. The summed E-state index contributed by atoms with van der Waals surface area (Å²) in [5, 5.41) is 0. The number of ether oxygens (including phenoxy) is 1. The zero-order valence-electron chi connectivity index (χ0n) is 14.2. The molecule has 4 nitrogen and oxygen atoms in total. The molecule has 1 unspecified atom stereocenters. The number of rotatable bonds is 6. The molecule has 0 spiro atoms. The van der Waals surface area contributed by atoms with E-state index in [4.69, 9.17) is 4.74 Å². The summed E-state index contributed by atoms with van der Waals surface area (Å²) in [4.78, 5) is 13.0. The van der Waals surface area contributed by atoms with Crippen LogP contribution in [-0.2, 0) is 24.8 Å². The third-order valence-electron chi connectivity index (χ3n) is 5.06. The van der Waals surface area contributed by atoms with Crippen LogP contribution in [0.1, 0.15) is 52.0 Å². The second kappa shape index (κ2) is 7.04. The molecule has 1 aliphatic rings. The molecule has 0 saturated heterocycles. The van der Waals surface area contributed by atoms with Crippen molar-refractivity contribution in [3.8, 4) is 0 Å². The maximum absolute atomic E-state index is 12.6. The number of hydrogen-bond acceptors (Lipinski definition) is 4. The third kappa shape index (κ3) is 3.44. The van der Waals surface area contributed by atoms with Gasteiger partial charge in [0.1, 0.15) is 0 Å². The molecule has 0 bridgehead atoms. The van der Waals surface area contributed by atoms with Gasteiger partial charge < -0.3 is 4.74 Å². The Morgan fingerprint density at radius 1 is 1.17 bits per heavy atom. The monoisotopic (exact) mass is 338 g/mol. The second-order valence-corrected chi connectivity index (χ2v) is 8.61. The molecule has 1 aromatic rings. The van der Waals surface area contributed by atoms with Crippen molar-refractivity contribution < 1.29 is 17.9 Å². The van der Waals surface area contributed by atoms with Crippen LogP contribution in [0.5, 0.6) is 0 Å². The van der Waals surface area contributed by atoms with Crippen molar-refractivity contribution in [3.63, 3.8) is 0 Å². The Morgan fingerprint density at radius 2 is 1.74 bits per heavy atom. The van der Waals surface area contributed by atoms with Crippen molar-refractivity contribution in [3.05, 3.63) is 29.8 Å². The van der Waals surface area contributed by atoms with E-state index in [1.807, 2.05) is 13.8 Å². The average Bonchev–Trinajstić information content (AvgIpc) is 3.09. The van der Waals surface area contributed by atoms with Gasteiger partial charge in [-0.1, -0.05) is 31.9 Å². The molecular weight excluding hydrogens is 312 g/mol. The van der Waals surface area contributed by atoms with E-state index in [-0.39, 0.29) is 17.6 Å². The lowest BCUT2D eigenvalue weighted by atomic mass is 9.71. The number of sulfone groups is 1. The van der Waals surface area contributed by atoms with Gasteiger partial charge in [-0.15, -0.1) is 0 Å². The molecule has 0 radical (unpaired) electrons. The summed E-state index contributed by atoms with van der Waals surface area (Å²) >= 11 is 0. The van der Waals surface area contributed by atoms with E-state index >= 15 is 0 Å². The minimum absolute atomic E-state index is 0.0735. The van der Waals surface area contributed by atoms with Gasteiger partial charge in [-0.25, -0.2) is 8.42 Å². The van der Waals surface area contributed by atoms with Crippen LogP contribution in [0.3, 0.4) is 0 Å². The summed E-state index contributed by atoms with van der Waals surface area (Å²) in [5.41, 5.74) is 0.138. The molecule has 1 aliphatic carbocycles. The smallest absolute Gasteiger partial charge is 0.316 e. The van der Waals surface area contributed by atoms with Gasteiger partial charge in [0.05, 0.1) is 22.7 Å². The lowest BCUT2D eigenvalue weighted by molar-refractivity contribution is -0.151. The molecule has 5 heteroatoms. The van der Waals surface area contributed by atoms with Crippen LogP contribution < -0.4 is 0 Å². The van der Waals surface area contributed by atoms with Crippen molar-refractivity contribution in [2.45, 2.75) is 56.8 Å². The minimum atomic E-state index is -3.23. The topological polar surface area (TPSA) is 60.4 Å². The standard InChI is InChI=1S/C18H26O4S/c1-4-22-17(19)18(3,14-8-6-7-9-14)15-10-12-16(13-11-15)23(20,21)5-2/h10-14H,4-9H2,1-3H3. The van der Waals surface area contributed by atoms with Gasteiger partial charge in [0.15, 0.2) is 9.84 Å². The largest absolute Gasteiger partial charge is 0.465 e. The Labute approximate surface area is 139 Å². The molecule has 0 amide bonds. The van der Waals surface area contributed by atoms with Crippen LogP contribution >= 0.6 is 0 Å². The van der Waals surface area contributed by atoms with E-state index in [2.05, 4.69) is 0 Å². The van der Waals surface area contributed by atoms with E-state index in [0.717, 1.165) is 31.2 Å². The molecular formula is C18H26O4S. The third-order valence-corrected chi connectivity index (χ3v) is 6.81. The predicted octanol–water partition coefficient (Wildman–Crippen LogP) is 3.49. The van der Waals surface area contributed by atoms with Gasteiger partial charge in [-0.3, -0.25) is 4.79 Å². The number of hydrogen-bond donors (Lipinski definition) is 0. The summed E-state index contributed by atoms with van der Waals surface area (Å²) in [6.45, 7) is 5.72. The first-order valence-corrected chi connectivity index (χ1v) is 10.0. The van der Waals surface area contributed by atoms with Crippen LogP contribution in [0.15, 0.2) is 29.2 Å². The Kier molecular flexibility index (Phi) is 5.50. The molecule has 2 rings (SSSR count). The first kappa shape index (κ1) is 18.0. The van der Waals surface area contributed by atoms with Crippen molar-refractivity contribution in [2.75, 3.05) is 12.4 Å². The van der Waals surface area contributed by atoms with Crippen LogP contribution in [-0.4, -0.2) is 26.7 Å². The highest BCUT2D eigenvalue weighted by Crippen LogP contribution is 2.43. The molecule has 1 aromatic carbocycles. The molecule has 1 fully saturated rings. The van der Waals surface area contributed by atoms with Crippen molar-refractivity contribution in [1.82, 2.24) is 0 Å². The summed E-state index contributed by atoms with van der Waals surface area (Å²) < 4.78 is 29.3. The van der Waals surface area contributed by atoms with Crippen molar-refractivity contribution in [2.24, 2.45) is 5.92 Å². The van der Waals surface area contributed by atoms with E-state index in [9.17, 15) is 13.2 Å². The van der Waals surface area contributed by atoms with Crippen LogP contribution in [0, 0.1) is 5.92 Å². The first-order valence-electron chi connectivity index (χ1n) is 8.36. The van der Waals surface area contributed by atoms with Crippen LogP contribution in [0.25, 0.3) is 0 Å². The number of benzene rings is 1. The average molecular weight is 338 g/mol. The molecule has 0 heterocycles. The predicted molar refractivity (Wildman–Crippen MR) is 90.1 cm³/mol. The van der Waals surface area contributed by atoms with Gasteiger partial charge >= 0.3 is 5.97 Å². The normalized spacial score (nSPS) is 18.6. The molecule has 1 atom stereocenters. The second-order valence-electron chi connectivity index (χ2n) is 6.33. The van der Waals surface area contributed by atoms with Gasteiger partial charge in [-0.2, -0.15) is 0 Å². The molecule has 23 heavy (non-hydrogen) atoms. The van der Waals surface area contributed by atoms with E-state index in [0.29, 0.717) is 11.5 Å². The molecule has 128 valence electrons. The van der Waals surface area contributed by atoms with Crippen LogP contribution in [0.2, 0.25) is 0 Å². The van der Waals surface area contributed by atoms with Gasteiger partial charge in [0.2, 0.25) is 0 Å². The molecule has 0 N–H and O–H groups in total. The SMILES string of the molecule is CCOC(=O)C(C)(c1ccc(S(=O)(=O)CC)cc1)C1CCCC1. The van der Waals surface area contributed by atoms with Gasteiger partial charge in [0.25, 0.3) is 0 Å². The number of esters is 1. The lowest BCUT2D eigenvalue weighted by Gasteiger charge is -2.33. The maximum Gasteiger partial charge on any atom is 0.316 e. The molecule has 0 aliphatic heterocycles. The Morgan fingerprint density at radius 3 is 2.22 bits per heavy atom. The van der Waals surface area contributed by atoms with Crippen molar-refractivity contribution in [1.29, 1.82) is 0 Å². The summed E-state index contributed by atoms with van der Waals surface area (Å²) in [7, 11) is -3.23. The fraction of sp³-hybridized carbons (Fsp3) is 0.611. The number of carbonyl (C=O) groups is 1. The van der Waals surface area contributed by atoms with Crippen LogP contribution in [0.4, 0.5) is 0 Å². The maximum atomic E-state index is 12.6. The Hall–Kier alpha value is -1.36. The fourth-order valence-electron chi connectivity index (χ4n) is 3.48. The molecule has 0 aromatic heterocycles. The highest BCUT2D eigenvalue weighted by atomic mass is 32.2. The quantitative estimate of drug-likeness (QED) is 0.745. The van der Waals surface area contributed by atoms with E-state index in [1.165, 1.54) is 0 Å². The first-order chi connectivity index (χ1) is 10.9. The van der Waals surface area contributed by atoms with E-state index in [1.54, 1.807) is 31.2 Å². The lowest BCUT2D eigenvalue weighted by Crippen LogP contribution is -2.40. The zero-order valence-corrected chi connectivity index (χ0v) is 15.0.